The fraction of sp³-hybridized carbons (Fsp3) is 0.368. The molecule has 1 fully saturated rings. The van der Waals surface area contributed by atoms with Crippen molar-refractivity contribution in [3.05, 3.63) is 60.1 Å². The molecule has 6 heteroatoms. The van der Waals surface area contributed by atoms with E-state index in [1.807, 2.05) is 31.6 Å². The standard InChI is InChI=1S/C19H22N6/c1-14-23-16(11-17(24-14)19-21-8-9-22-19)18-6-2-3-10-25(18)13-15-5-4-7-20-12-15/h4-5,7-9,11-12,18H,2-3,6,10,13H2,1H3,(H,21,22)/t18-/m1/s1. The lowest BCUT2D eigenvalue weighted by Crippen LogP contribution is -2.33. The van der Waals surface area contributed by atoms with E-state index in [0.29, 0.717) is 6.04 Å². The summed E-state index contributed by atoms with van der Waals surface area (Å²) in [5.74, 6) is 1.58. The minimum absolute atomic E-state index is 0.310. The molecule has 0 aromatic carbocycles. The van der Waals surface area contributed by atoms with Crippen LogP contribution in [-0.2, 0) is 6.54 Å². The largest absolute Gasteiger partial charge is 0.343 e. The van der Waals surface area contributed by atoms with E-state index in [1.165, 1.54) is 18.4 Å². The van der Waals surface area contributed by atoms with Gasteiger partial charge in [-0.25, -0.2) is 15.0 Å². The fourth-order valence-corrected chi connectivity index (χ4v) is 3.53. The molecule has 0 aliphatic carbocycles. The topological polar surface area (TPSA) is 70.6 Å². The zero-order valence-electron chi connectivity index (χ0n) is 14.4. The molecule has 1 atom stereocenters. The minimum Gasteiger partial charge on any atom is -0.343 e. The van der Waals surface area contributed by atoms with Crippen molar-refractivity contribution in [2.75, 3.05) is 6.54 Å². The van der Waals surface area contributed by atoms with Crippen molar-refractivity contribution in [1.82, 2.24) is 29.8 Å². The highest BCUT2D eigenvalue weighted by atomic mass is 15.2. The van der Waals surface area contributed by atoms with E-state index < -0.39 is 0 Å². The van der Waals surface area contributed by atoms with Gasteiger partial charge in [-0.1, -0.05) is 12.5 Å². The van der Waals surface area contributed by atoms with E-state index >= 15 is 0 Å². The monoisotopic (exact) mass is 334 g/mol. The Kier molecular flexibility index (Phi) is 4.52. The zero-order valence-corrected chi connectivity index (χ0v) is 14.4. The third kappa shape index (κ3) is 3.58. The number of nitrogens with zero attached hydrogens (tertiary/aromatic N) is 5. The van der Waals surface area contributed by atoms with Crippen LogP contribution in [0.2, 0.25) is 0 Å². The van der Waals surface area contributed by atoms with Gasteiger partial charge in [-0.05, 0) is 44.0 Å². The van der Waals surface area contributed by atoms with E-state index in [0.717, 1.165) is 42.5 Å². The average Bonchev–Trinajstić information content (AvgIpc) is 3.17. The summed E-state index contributed by atoms with van der Waals surface area (Å²) in [7, 11) is 0. The maximum absolute atomic E-state index is 4.75. The molecule has 0 unspecified atom stereocenters. The Morgan fingerprint density at radius 1 is 1.24 bits per heavy atom. The van der Waals surface area contributed by atoms with Gasteiger partial charge in [-0.15, -0.1) is 0 Å². The molecule has 4 heterocycles. The predicted octanol–water partition coefficient (Wildman–Crippen LogP) is 3.30. The lowest BCUT2D eigenvalue weighted by molar-refractivity contribution is 0.137. The molecular weight excluding hydrogens is 312 g/mol. The van der Waals surface area contributed by atoms with Crippen LogP contribution in [0.5, 0.6) is 0 Å². The van der Waals surface area contributed by atoms with Gasteiger partial charge in [0.25, 0.3) is 0 Å². The van der Waals surface area contributed by atoms with Crippen LogP contribution in [-0.4, -0.2) is 36.4 Å². The maximum Gasteiger partial charge on any atom is 0.156 e. The Labute approximate surface area is 147 Å². The fourth-order valence-electron chi connectivity index (χ4n) is 3.53. The smallest absolute Gasteiger partial charge is 0.156 e. The molecule has 6 nitrogen and oxygen atoms in total. The quantitative estimate of drug-likeness (QED) is 0.793. The van der Waals surface area contributed by atoms with E-state index in [-0.39, 0.29) is 0 Å². The molecule has 0 bridgehead atoms. The molecule has 25 heavy (non-hydrogen) atoms. The third-order valence-corrected chi connectivity index (χ3v) is 4.66. The van der Waals surface area contributed by atoms with Gasteiger partial charge in [0.05, 0.1) is 11.7 Å². The number of piperidine rings is 1. The number of aromatic amines is 1. The first-order chi connectivity index (χ1) is 12.3. The summed E-state index contributed by atoms with van der Waals surface area (Å²) in [6, 6.07) is 6.53. The van der Waals surface area contributed by atoms with Gasteiger partial charge in [-0.2, -0.15) is 0 Å². The van der Waals surface area contributed by atoms with Crippen molar-refractivity contribution in [2.24, 2.45) is 0 Å². The Hall–Kier alpha value is -2.60. The van der Waals surface area contributed by atoms with Crippen LogP contribution >= 0.6 is 0 Å². The SMILES string of the molecule is Cc1nc(-c2ncc[nH]2)cc([C@H]2CCCCN2Cc2cccnc2)n1. The van der Waals surface area contributed by atoms with Crippen LogP contribution in [0.1, 0.15) is 42.4 Å². The van der Waals surface area contributed by atoms with Gasteiger partial charge in [0, 0.05) is 31.3 Å². The number of imidazole rings is 1. The highest BCUT2D eigenvalue weighted by Crippen LogP contribution is 2.32. The van der Waals surface area contributed by atoms with Crippen molar-refractivity contribution in [3.8, 4) is 11.5 Å². The molecule has 0 amide bonds. The third-order valence-electron chi connectivity index (χ3n) is 4.66. The molecule has 4 rings (SSSR count). The first-order valence-electron chi connectivity index (χ1n) is 8.78. The van der Waals surface area contributed by atoms with Crippen LogP contribution < -0.4 is 0 Å². The summed E-state index contributed by atoms with van der Waals surface area (Å²) in [5.41, 5.74) is 3.19. The summed E-state index contributed by atoms with van der Waals surface area (Å²) in [6.07, 6.45) is 10.9. The number of H-pyrrole nitrogens is 1. The molecule has 0 saturated carbocycles. The Morgan fingerprint density at radius 2 is 2.20 bits per heavy atom. The summed E-state index contributed by atoms with van der Waals surface area (Å²) in [5, 5.41) is 0. The van der Waals surface area contributed by atoms with E-state index in [2.05, 4.69) is 37.0 Å². The summed E-state index contributed by atoms with van der Waals surface area (Å²) >= 11 is 0. The van der Waals surface area contributed by atoms with Crippen LogP contribution in [0.3, 0.4) is 0 Å². The lowest BCUT2D eigenvalue weighted by Gasteiger charge is -2.35. The summed E-state index contributed by atoms with van der Waals surface area (Å²) in [4.78, 5) is 23.5. The van der Waals surface area contributed by atoms with Crippen LogP contribution in [0, 0.1) is 6.92 Å². The molecule has 0 spiro atoms. The first kappa shape index (κ1) is 15.9. The number of likely N-dealkylation sites (tertiary alicyclic amines) is 1. The number of aryl methyl sites for hydroxylation is 1. The molecule has 1 aliphatic rings. The molecule has 3 aromatic rings. The highest BCUT2D eigenvalue weighted by Gasteiger charge is 2.26. The first-order valence-corrected chi connectivity index (χ1v) is 8.78. The van der Waals surface area contributed by atoms with Crippen LogP contribution in [0.4, 0.5) is 0 Å². The molecule has 1 aliphatic heterocycles. The van der Waals surface area contributed by atoms with E-state index in [1.54, 1.807) is 6.20 Å². The van der Waals surface area contributed by atoms with Gasteiger partial charge in [0.2, 0.25) is 0 Å². The second-order valence-electron chi connectivity index (χ2n) is 6.51. The molecule has 3 aromatic heterocycles. The van der Waals surface area contributed by atoms with Gasteiger partial charge in [-0.3, -0.25) is 9.88 Å². The van der Waals surface area contributed by atoms with Gasteiger partial charge < -0.3 is 4.98 Å². The molecular formula is C19H22N6. The van der Waals surface area contributed by atoms with Gasteiger partial charge in [0.15, 0.2) is 5.82 Å². The number of hydrogen-bond donors (Lipinski definition) is 1. The predicted molar refractivity (Wildman–Crippen MR) is 95.6 cm³/mol. The second-order valence-corrected chi connectivity index (χ2v) is 6.51. The van der Waals surface area contributed by atoms with Crippen molar-refractivity contribution in [2.45, 2.75) is 38.8 Å². The van der Waals surface area contributed by atoms with Crippen molar-refractivity contribution >= 4 is 0 Å². The normalized spacial score (nSPS) is 18.4. The van der Waals surface area contributed by atoms with Gasteiger partial charge >= 0.3 is 0 Å². The Balaban J connectivity index is 1.64. The van der Waals surface area contributed by atoms with E-state index in [4.69, 9.17) is 4.98 Å². The average molecular weight is 334 g/mol. The Bertz CT molecular complexity index is 815. The number of rotatable bonds is 4. The van der Waals surface area contributed by atoms with Gasteiger partial charge in [0.1, 0.15) is 11.5 Å². The summed E-state index contributed by atoms with van der Waals surface area (Å²) < 4.78 is 0. The number of aromatic nitrogens is 5. The lowest BCUT2D eigenvalue weighted by atomic mass is 9.98. The molecule has 1 saturated heterocycles. The Morgan fingerprint density at radius 3 is 3.00 bits per heavy atom. The maximum atomic E-state index is 4.75. The molecule has 1 N–H and O–H groups in total. The van der Waals surface area contributed by atoms with Crippen LogP contribution in [0.15, 0.2) is 43.0 Å². The number of hydrogen-bond acceptors (Lipinski definition) is 5. The summed E-state index contributed by atoms with van der Waals surface area (Å²) in [6.45, 7) is 3.93. The van der Waals surface area contributed by atoms with Crippen LogP contribution in [0.25, 0.3) is 11.5 Å². The van der Waals surface area contributed by atoms with Crippen molar-refractivity contribution in [3.63, 3.8) is 0 Å². The van der Waals surface area contributed by atoms with Crippen molar-refractivity contribution < 1.29 is 0 Å². The number of pyridine rings is 1. The second kappa shape index (κ2) is 7.11. The molecule has 128 valence electrons. The highest BCUT2D eigenvalue weighted by molar-refractivity contribution is 5.49. The van der Waals surface area contributed by atoms with E-state index in [9.17, 15) is 0 Å². The van der Waals surface area contributed by atoms with Crippen molar-refractivity contribution in [1.29, 1.82) is 0 Å². The zero-order chi connectivity index (χ0) is 17.1. The molecule has 0 radical (unpaired) electrons. The minimum atomic E-state index is 0.310. The number of nitrogens with one attached hydrogen (secondary N) is 1.